The molecule has 3 rings (SSSR count). The van der Waals surface area contributed by atoms with Crippen LogP contribution in [0.4, 0.5) is 0 Å². The van der Waals surface area contributed by atoms with E-state index in [0.717, 1.165) is 45.2 Å². The highest BCUT2D eigenvalue weighted by molar-refractivity contribution is 5.79. The molecule has 0 aromatic rings. The minimum Gasteiger partial charge on any atom is -0.353 e. The molecule has 0 radical (unpaired) electrons. The SMILES string of the molecule is O=CN1CCC2(CCC(C(=O)NC3CCCCC3)CC2)CC1. The number of nitrogens with one attached hydrogen (secondary N) is 1. The van der Waals surface area contributed by atoms with Gasteiger partial charge < -0.3 is 10.2 Å². The van der Waals surface area contributed by atoms with Gasteiger partial charge in [-0.2, -0.15) is 0 Å². The first kappa shape index (κ1) is 15.8. The standard InChI is InChI=1S/C18H30N2O2/c21-14-20-12-10-18(11-13-20)8-6-15(7-9-18)17(22)19-16-4-2-1-3-5-16/h14-16H,1-13H2,(H,19,22). The van der Waals surface area contributed by atoms with Crippen molar-refractivity contribution in [2.24, 2.45) is 11.3 Å². The predicted molar refractivity (Wildman–Crippen MR) is 86.3 cm³/mol. The molecular formula is C18H30N2O2. The molecule has 0 aromatic heterocycles. The zero-order valence-electron chi connectivity index (χ0n) is 13.7. The van der Waals surface area contributed by atoms with E-state index in [0.29, 0.717) is 17.4 Å². The average Bonchev–Trinajstić information content (AvgIpc) is 2.57. The zero-order chi connectivity index (χ0) is 15.4. The van der Waals surface area contributed by atoms with Crippen LogP contribution in [0.2, 0.25) is 0 Å². The lowest BCUT2D eigenvalue weighted by molar-refractivity contribution is -0.128. The van der Waals surface area contributed by atoms with Gasteiger partial charge in [0.15, 0.2) is 0 Å². The molecule has 3 fully saturated rings. The summed E-state index contributed by atoms with van der Waals surface area (Å²) >= 11 is 0. The van der Waals surface area contributed by atoms with E-state index in [1.807, 2.05) is 4.90 Å². The maximum atomic E-state index is 12.5. The summed E-state index contributed by atoms with van der Waals surface area (Å²) in [5.41, 5.74) is 0.418. The molecule has 0 atom stereocenters. The smallest absolute Gasteiger partial charge is 0.223 e. The van der Waals surface area contributed by atoms with Gasteiger partial charge in [-0.15, -0.1) is 0 Å². The van der Waals surface area contributed by atoms with Gasteiger partial charge in [0.25, 0.3) is 0 Å². The van der Waals surface area contributed by atoms with Gasteiger partial charge in [0.2, 0.25) is 12.3 Å². The first-order valence-electron chi connectivity index (χ1n) is 9.21. The van der Waals surface area contributed by atoms with E-state index in [1.165, 1.54) is 44.9 Å². The minimum atomic E-state index is 0.233. The molecule has 1 heterocycles. The lowest BCUT2D eigenvalue weighted by Crippen LogP contribution is -2.45. The third-order valence-corrected chi connectivity index (χ3v) is 6.38. The van der Waals surface area contributed by atoms with Crippen molar-refractivity contribution in [2.75, 3.05) is 13.1 Å². The summed E-state index contributed by atoms with van der Waals surface area (Å²) < 4.78 is 0. The van der Waals surface area contributed by atoms with Gasteiger partial charge in [-0.25, -0.2) is 0 Å². The lowest BCUT2D eigenvalue weighted by atomic mass is 9.65. The van der Waals surface area contributed by atoms with Crippen molar-refractivity contribution in [1.29, 1.82) is 0 Å². The molecule has 0 unspecified atom stereocenters. The van der Waals surface area contributed by atoms with Gasteiger partial charge in [-0.3, -0.25) is 9.59 Å². The number of piperidine rings is 1. The Kier molecular flexibility index (Phi) is 5.04. The van der Waals surface area contributed by atoms with E-state index < -0.39 is 0 Å². The molecule has 124 valence electrons. The normalized spacial score (nSPS) is 26.8. The van der Waals surface area contributed by atoms with Gasteiger partial charge in [-0.1, -0.05) is 19.3 Å². The van der Waals surface area contributed by atoms with Crippen LogP contribution in [0.3, 0.4) is 0 Å². The highest BCUT2D eigenvalue weighted by Crippen LogP contribution is 2.46. The van der Waals surface area contributed by atoms with Gasteiger partial charge in [0.1, 0.15) is 0 Å². The number of hydrogen-bond acceptors (Lipinski definition) is 2. The van der Waals surface area contributed by atoms with Crippen LogP contribution in [0.1, 0.15) is 70.6 Å². The molecule has 1 aliphatic heterocycles. The van der Waals surface area contributed by atoms with Gasteiger partial charge in [0.05, 0.1) is 0 Å². The van der Waals surface area contributed by atoms with Crippen LogP contribution in [-0.4, -0.2) is 36.3 Å². The molecule has 4 nitrogen and oxygen atoms in total. The van der Waals surface area contributed by atoms with Crippen LogP contribution in [0.25, 0.3) is 0 Å². The molecule has 4 heteroatoms. The van der Waals surface area contributed by atoms with E-state index >= 15 is 0 Å². The fourth-order valence-corrected chi connectivity index (χ4v) is 4.66. The van der Waals surface area contributed by atoms with Crippen LogP contribution in [0, 0.1) is 11.3 Å². The van der Waals surface area contributed by atoms with Crippen molar-refractivity contribution in [3.8, 4) is 0 Å². The molecule has 1 N–H and O–H groups in total. The summed E-state index contributed by atoms with van der Waals surface area (Å²) in [7, 11) is 0. The third kappa shape index (κ3) is 3.64. The summed E-state index contributed by atoms with van der Waals surface area (Å²) in [4.78, 5) is 25.2. The van der Waals surface area contributed by atoms with Crippen molar-refractivity contribution >= 4 is 12.3 Å². The van der Waals surface area contributed by atoms with Crippen LogP contribution < -0.4 is 5.32 Å². The van der Waals surface area contributed by atoms with Gasteiger partial charge >= 0.3 is 0 Å². The summed E-state index contributed by atoms with van der Waals surface area (Å²) in [5.74, 6) is 0.545. The molecule has 22 heavy (non-hydrogen) atoms. The van der Waals surface area contributed by atoms with Crippen molar-refractivity contribution in [2.45, 2.75) is 76.7 Å². The Bertz CT molecular complexity index is 386. The number of nitrogens with zero attached hydrogens (tertiary/aromatic N) is 1. The molecule has 2 aliphatic carbocycles. The molecule has 2 amide bonds. The summed E-state index contributed by atoms with van der Waals surface area (Å²) in [6, 6.07) is 0.438. The fraction of sp³-hybridized carbons (Fsp3) is 0.889. The largest absolute Gasteiger partial charge is 0.353 e. The Hall–Kier alpha value is -1.06. The second kappa shape index (κ2) is 7.01. The number of carbonyl (C=O) groups is 2. The number of rotatable bonds is 3. The van der Waals surface area contributed by atoms with Gasteiger partial charge in [-0.05, 0) is 56.8 Å². The molecular weight excluding hydrogens is 276 g/mol. The van der Waals surface area contributed by atoms with Crippen molar-refractivity contribution in [3.05, 3.63) is 0 Å². The Morgan fingerprint density at radius 2 is 1.59 bits per heavy atom. The average molecular weight is 306 g/mol. The van der Waals surface area contributed by atoms with Crippen LogP contribution in [0.15, 0.2) is 0 Å². The van der Waals surface area contributed by atoms with Crippen molar-refractivity contribution < 1.29 is 9.59 Å². The van der Waals surface area contributed by atoms with E-state index in [-0.39, 0.29) is 5.92 Å². The second-order valence-electron chi connectivity index (χ2n) is 7.76. The van der Waals surface area contributed by atoms with E-state index in [9.17, 15) is 9.59 Å². The van der Waals surface area contributed by atoms with Crippen LogP contribution >= 0.6 is 0 Å². The van der Waals surface area contributed by atoms with Crippen molar-refractivity contribution in [3.63, 3.8) is 0 Å². The van der Waals surface area contributed by atoms with Gasteiger partial charge in [0, 0.05) is 25.0 Å². The van der Waals surface area contributed by atoms with E-state index in [4.69, 9.17) is 0 Å². The first-order valence-corrected chi connectivity index (χ1v) is 9.21. The quantitative estimate of drug-likeness (QED) is 0.815. The monoisotopic (exact) mass is 306 g/mol. The summed E-state index contributed by atoms with van der Waals surface area (Å²) in [6.45, 7) is 1.81. The second-order valence-corrected chi connectivity index (χ2v) is 7.76. The highest BCUT2D eigenvalue weighted by Gasteiger charge is 2.39. The molecule has 1 saturated heterocycles. The van der Waals surface area contributed by atoms with Crippen molar-refractivity contribution in [1.82, 2.24) is 10.2 Å². The Morgan fingerprint density at radius 1 is 0.955 bits per heavy atom. The topological polar surface area (TPSA) is 49.4 Å². The van der Waals surface area contributed by atoms with Crippen LogP contribution in [-0.2, 0) is 9.59 Å². The number of likely N-dealkylation sites (tertiary alicyclic amines) is 1. The molecule has 1 spiro atoms. The Morgan fingerprint density at radius 3 is 2.18 bits per heavy atom. The van der Waals surface area contributed by atoms with E-state index in [1.54, 1.807) is 0 Å². The number of carbonyl (C=O) groups excluding carboxylic acids is 2. The Balaban J connectivity index is 1.45. The molecule has 2 saturated carbocycles. The van der Waals surface area contributed by atoms with E-state index in [2.05, 4.69) is 5.32 Å². The maximum absolute atomic E-state index is 12.5. The Labute approximate surface area is 134 Å². The predicted octanol–water partition coefficient (Wildman–Crippen LogP) is 2.86. The minimum absolute atomic E-state index is 0.233. The third-order valence-electron chi connectivity index (χ3n) is 6.38. The maximum Gasteiger partial charge on any atom is 0.223 e. The highest BCUT2D eigenvalue weighted by atomic mass is 16.2. The molecule has 0 aromatic carbocycles. The number of amides is 2. The molecule has 3 aliphatic rings. The first-order chi connectivity index (χ1) is 10.7. The zero-order valence-corrected chi connectivity index (χ0v) is 13.7. The summed E-state index contributed by atoms with van der Waals surface area (Å²) in [6.07, 6.45) is 13.9. The van der Waals surface area contributed by atoms with Crippen LogP contribution in [0.5, 0.6) is 0 Å². The number of hydrogen-bond donors (Lipinski definition) is 1. The molecule has 0 bridgehead atoms. The summed E-state index contributed by atoms with van der Waals surface area (Å²) in [5, 5.41) is 3.30. The lowest BCUT2D eigenvalue weighted by Gasteiger charge is -2.45. The fourth-order valence-electron chi connectivity index (χ4n) is 4.66.